The number of aliphatic hydroxyl groups excluding tert-OH is 3. The third-order valence-corrected chi connectivity index (χ3v) is 10.6. The fourth-order valence-corrected chi connectivity index (χ4v) is 7.68. The molecule has 2 aromatic carbocycles. The van der Waals surface area contributed by atoms with E-state index in [9.17, 15) is 29.0 Å². The Morgan fingerprint density at radius 2 is 1.84 bits per heavy atom. The highest BCUT2D eigenvalue weighted by molar-refractivity contribution is 7.93. The molecular formula is C30H36N4O7S2. The first-order valence-corrected chi connectivity index (χ1v) is 16.4. The third kappa shape index (κ3) is 7.26. The molecule has 4 unspecified atom stereocenters. The summed E-state index contributed by atoms with van der Waals surface area (Å²) in [4.78, 5) is 3.43. The number of aliphatic hydroxyl groups is 3. The fourth-order valence-electron chi connectivity index (χ4n) is 5.25. The normalized spacial score (nSPS) is 24.0. The molecule has 2 fully saturated rings. The number of hydrogen-bond donors (Lipinski definition) is 5. The van der Waals surface area contributed by atoms with Gasteiger partial charge in [0, 0.05) is 41.6 Å². The molecule has 2 saturated heterocycles. The molecule has 2 aliphatic rings. The van der Waals surface area contributed by atoms with Gasteiger partial charge in [-0.05, 0) is 59.2 Å². The topological polar surface area (TPSA) is 164 Å². The highest BCUT2D eigenvalue weighted by Gasteiger charge is 2.40. The molecule has 5 rings (SSSR count). The molecule has 0 bridgehead atoms. The van der Waals surface area contributed by atoms with Crippen LogP contribution < -0.4 is 10.0 Å². The van der Waals surface area contributed by atoms with E-state index in [1.54, 1.807) is 19.1 Å². The van der Waals surface area contributed by atoms with Crippen molar-refractivity contribution in [1.29, 1.82) is 5.26 Å². The van der Waals surface area contributed by atoms with Crippen molar-refractivity contribution < 1.29 is 33.2 Å². The number of anilines is 1. The summed E-state index contributed by atoms with van der Waals surface area (Å²) in [5.41, 5.74) is 2.29. The van der Waals surface area contributed by atoms with Crippen molar-refractivity contribution in [2.75, 3.05) is 57.9 Å². The first-order valence-electron chi connectivity index (χ1n) is 14.1. The number of thiophene rings is 1. The number of allylic oxidation sites excluding steroid dienone is 2. The first-order chi connectivity index (χ1) is 20.7. The Morgan fingerprint density at radius 3 is 2.58 bits per heavy atom. The van der Waals surface area contributed by atoms with E-state index in [0.29, 0.717) is 4.88 Å². The van der Waals surface area contributed by atoms with Crippen molar-refractivity contribution in [2.45, 2.75) is 31.3 Å². The van der Waals surface area contributed by atoms with Gasteiger partial charge in [-0.3, -0.25) is 4.90 Å². The largest absolute Gasteiger partial charge is 0.394 e. The van der Waals surface area contributed by atoms with Gasteiger partial charge in [-0.15, -0.1) is 11.3 Å². The smallest absolute Gasteiger partial charge is 0.251 e. The number of rotatable bonds is 10. The van der Waals surface area contributed by atoms with E-state index in [1.165, 1.54) is 11.3 Å². The molecule has 3 aromatic rings. The zero-order chi connectivity index (χ0) is 30.6. The second-order valence-corrected chi connectivity index (χ2v) is 13.4. The molecule has 0 aliphatic carbocycles. The third-order valence-electron chi connectivity index (χ3n) is 7.79. The molecule has 3 heterocycles. The highest BCUT2D eigenvalue weighted by Crippen LogP contribution is 2.35. The summed E-state index contributed by atoms with van der Waals surface area (Å²) in [7, 11) is -4.35. The number of nitrogens with one attached hydrogen (secondary N) is 2. The van der Waals surface area contributed by atoms with E-state index >= 15 is 0 Å². The summed E-state index contributed by atoms with van der Waals surface area (Å²) < 4.78 is 39.2. The average Bonchev–Trinajstić information content (AvgIpc) is 3.51. The summed E-state index contributed by atoms with van der Waals surface area (Å²) in [6.07, 6.45) is -4.01. The van der Waals surface area contributed by atoms with Gasteiger partial charge in [-0.2, -0.15) is 5.26 Å². The van der Waals surface area contributed by atoms with Gasteiger partial charge >= 0.3 is 0 Å². The minimum Gasteiger partial charge on any atom is -0.394 e. The molecule has 230 valence electrons. The van der Waals surface area contributed by atoms with Crippen LogP contribution in [0.1, 0.15) is 11.8 Å². The van der Waals surface area contributed by atoms with Crippen LogP contribution in [0.25, 0.3) is 26.8 Å². The van der Waals surface area contributed by atoms with Crippen LogP contribution in [0.4, 0.5) is 5.69 Å². The fraction of sp³-hybridized carbons (Fsp3) is 0.433. The van der Waals surface area contributed by atoms with E-state index in [2.05, 4.69) is 45.3 Å². The van der Waals surface area contributed by atoms with E-state index in [-0.39, 0.29) is 12.2 Å². The zero-order valence-corrected chi connectivity index (χ0v) is 25.4. The molecule has 2 aliphatic heterocycles. The Hall–Kier alpha value is -2.90. The van der Waals surface area contributed by atoms with Crippen LogP contribution >= 0.6 is 11.3 Å². The SMILES string of the molecule is CC(=C(C#N)S(=O)(=O)NC1COC(CO)C(O)C1O)c1ccc(-c2ccc3cc(NCCN4CCOCC4)ccc3c2)s1. The minimum atomic E-state index is -4.35. The zero-order valence-electron chi connectivity index (χ0n) is 23.8. The number of ether oxygens (including phenoxy) is 2. The lowest BCUT2D eigenvalue weighted by Crippen LogP contribution is -2.59. The number of morpholine rings is 1. The molecule has 13 heteroatoms. The van der Waals surface area contributed by atoms with Crippen molar-refractivity contribution in [2.24, 2.45) is 0 Å². The van der Waals surface area contributed by atoms with Crippen LogP contribution in [0.5, 0.6) is 0 Å². The quantitative estimate of drug-likeness (QED) is 0.210. The maximum Gasteiger partial charge on any atom is 0.251 e. The number of benzene rings is 2. The second-order valence-electron chi connectivity index (χ2n) is 10.7. The van der Waals surface area contributed by atoms with Crippen LogP contribution in [0.2, 0.25) is 0 Å². The minimum absolute atomic E-state index is 0.264. The molecule has 1 aromatic heterocycles. The predicted octanol–water partition coefficient (Wildman–Crippen LogP) is 1.97. The Balaban J connectivity index is 1.28. The van der Waals surface area contributed by atoms with Crippen LogP contribution in [0, 0.1) is 11.3 Å². The molecule has 43 heavy (non-hydrogen) atoms. The van der Waals surface area contributed by atoms with Gasteiger partial charge in [0.1, 0.15) is 24.4 Å². The lowest BCUT2D eigenvalue weighted by atomic mass is 9.99. The maximum absolute atomic E-state index is 13.1. The van der Waals surface area contributed by atoms with Crippen molar-refractivity contribution in [1.82, 2.24) is 9.62 Å². The molecule has 11 nitrogen and oxygen atoms in total. The van der Waals surface area contributed by atoms with Crippen molar-refractivity contribution >= 4 is 43.4 Å². The monoisotopic (exact) mass is 628 g/mol. The van der Waals surface area contributed by atoms with Gasteiger partial charge in [0.05, 0.1) is 32.5 Å². The molecule has 0 saturated carbocycles. The highest BCUT2D eigenvalue weighted by atomic mass is 32.2. The Kier molecular flexibility index (Phi) is 10.1. The van der Waals surface area contributed by atoms with Crippen molar-refractivity contribution in [3.63, 3.8) is 0 Å². The standard InChI is InChI=1S/C30H36N4O7S2/c1-19(28(16-31)43(38,39)33-24-18-41-25(17-35)30(37)29(24)36)26-6-7-27(42-26)22-3-2-21-15-23(5-4-20(21)14-22)32-8-9-34-10-12-40-13-11-34/h2-7,14-15,24-25,29-30,32-33,35-37H,8-13,17-18H2,1H3. The number of hydrogen-bond acceptors (Lipinski definition) is 11. The number of fused-ring (bicyclic) bond motifs is 1. The number of nitrogens with zero attached hydrogens (tertiary/aromatic N) is 2. The van der Waals surface area contributed by atoms with Crippen LogP contribution in [0.3, 0.4) is 0 Å². The summed E-state index contributed by atoms with van der Waals surface area (Å²) in [6.45, 7) is 6.09. The first kappa shape index (κ1) is 31.5. The average molecular weight is 629 g/mol. The molecule has 5 N–H and O–H groups in total. The van der Waals surface area contributed by atoms with Gasteiger partial charge in [-0.1, -0.05) is 18.2 Å². The summed E-state index contributed by atoms with van der Waals surface area (Å²) in [5.74, 6) is 0. The van der Waals surface area contributed by atoms with Gasteiger partial charge in [0.25, 0.3) is 10.0 Å². The predicted molar refractivity (Wildman–Crippen MR) is 166 cm³/mol. The molecular weight excluding hydrogens is 592 g/mol. The summed E-state index contributed by atoms with van der Waals surface area (Å²) in [6, 6.07) is 16.7. The Labute approximate surface area is 255 Å². The van der Waals surface area contributed by atoms with E-state index in [0.717, 1.165) is 66.3 Å². The van der Waals surface area contributed by atoms with Crippen molar-refractivity contribution in [3.8, 4) is 16.5 Å². The number of sulfonamides is 1. The van der Waals surface area contributed by atoms with Gasteiger partial charge < -0.3 is 30.1 Å². The maximum atomic E-state index is 13.1. The van der Waals surface area contributed by atoms with Gasteiger partial charge in [-0.25, -0.2) is 13.1 Å². The second kappa shape index (κ2) is 13.8. The van der Waals surface area contributed by atoms with Crippen molar-refractivity contribution in [3.05, 3.63) is 58.3 Å². The van der Waals surface area contributed by atoms with E-state index in [4.69, 9.17) is 9.47 Å². The molecule has 0 spiro atoms. The van der Waals surface area contributed by atoms with Gasteiger partial charge in [0.15, 0.2) is 4.91 Å². The van der Waals surface area contributed by atoms with E-state index in [1.807, 2.05) is 12.1 Å². The van der Waals surface area contributed by atoms with Gasteiger partial charge in [0.2, 0.25) is 0 Å². The van der Waals surface area contributed by atoms with Crippen LogP contribution in [-0.4, -0.2) is 106 Å². The van der Waals surface area contributed by atoms with Crippen LogP contribution in [-0.2, 0) is 19.5 Å². The molecule has 4 atom stereocenters. The Morgan fingerprint density at radius 1 is 1.09 bits per heavy atom. The lowest BCUT2D eigenvalue weighted by Gasteiger charge is -2.36. The number of nitriles is 1. The lowest BCUT2D eigenvalue weighted by molar-refractivity contribution is -0.158. The Bertz CT molecular complexity index is 1610. The summed E-state index contributed by atoms with van der Waals surface area (Å²) in [5, 5.41) is 45.2. The summed E-state index contributed by atoms with van der Waals surface area (Å²) >= 11 is 1.37. The molecule has 0 amide bonds. The van der Waals surface area contributed by atoms with E-state index < -0.39 is 45.9 Å². The molecule has 0 radical (unpaired) electrons. The van der Waals surface area contributed by atoms with Crippen LogP contribution in [0.15, 0.2) is 53.4 Å².